The summed E-state index contributed by atoms with van der Waals surface area (Å²) < 4.78 is 12.7. The SMILES string of the molecule is O=C(OC1C[C@@H](n2ccc(=S)[nH]c2=O)O[C@H]1CO)c1ccccc1. The molecule has 0 bridgehead atoms. The van der Waals surface area contributed by atoms with E-state index in [1.54, 1.807) is 36.4 Å². The Bertz CT molecular complexity index is 832. The van der Waals surface area contributed by atoms with Gasteiger partial charge in [-0.25, -0.2) is 9.59 Å². The molecule has 1 aliphatic heterocycles. The minimum absolute atomic E-state index is 0.258. The van der Waals surface area contributed by atoms with Gasteiger partial charge in [-0.15, -0.1) is 0 Å². The number of ether oxygens (including phenoxy) is 2. The summed E-state index contributed by atoms with van der Waals surface area (Å²) in [6.45, 7) is -0.319. The van der Waals surface area contributed by atoms with Gasteiger partial charge in [-0.3, -0.25) is 9.55 Å². The molecule has 1 aliphatic rings. The zero-order chi connectivity index (χ0) is 17.1. The number of hydrogen-bond donors (Lipinski definition) is 2. The molecule has 1 aromatic heterocycles. The molecule has 3 rings (SSSR count). The molecule has 2 aromatic rings. The summed E-state index contributed by atoms with van der Waals surface area (Å²) in [4.78, 5) is 26.6. The summed E-state index contributed by atoms with van der Waals surface area (Å²) >= 11 is 4.90. The van der Waals surface area contributed by atoms with Crippen LogP contribution in [0.25, 0.3) is 0 Å². The summed E-state index contributed by atoms with van der Waals surface area (Å²) in [5.74, 6) is -0.497. The molecule has 1 saturated heterocycles. The van der Waals surface area contributed by atoms with Crippen LogP contribution in [-0.2, 0) is 9.47 Å². The Kier molecular flexibility index (Phi) is 4.89. The number of H-pyrrole nitrogens is 1. The molecule has 1 unspecified atom stereocenters. The first kappa shape index (κ1) is 16.6. The molecule has 0 aliphatic carbocycles. The fraction of sp³-hybridized carbons (Fsp3) is 0.312. The summed E-state index contributed by atoms with van der Waals surface area (Å²) in [6, 6.07) is 10.1. The van der Waals surface area contributed by atoms with Crippen LogP contribution in [0, 0.1) is 4.64 Å². The van der Waals surface area contributed by atoms with Gasteiger partial charge in [0.05, 0.1) is 12.2 Å². The number of aliphatic hydroxyl groups is 1. The molecule has 7 nitrogen and oxygen atoms in total. The molecular formula is C16H16N2O5S. The van der Waals surface area contributed by atoms with Crippen molar-refractivity contribution in [1.82, 2.24) is 9.55 Å². The van der Waals surface area contributed by atoms with Crippen LogP contribution >= 0.6 is 12.2 Å². The van der Waals surface area contributed by atoms with E-state index in [0.717, 1.165) is 0 Å². The van der Waals surface area contributed by atoms with Gasteiger partial charge in [0.15, 0.2) is 0 Å². The topological polar surface area (TPSA) is 93.6 Å². The molecule has 0 saturated carbocycles. The first-order valence-corrected chi connectivity index (χ1v) is 7.83. The first-order chi connectivity index (χ1) is 11.6. The largest absolute Gasteiger partial charge is 0.456 e. The van der Waals surface area contributed by atoms with Gasteiger partial charge in [-0.2, -0.15) is 0 Å². The van der Waals surface area contributed by atoms with E-state index < -0.39 is 30.1 Å². The molecule has 0 radical (unpaired) electrons. The third kappa shape index (κ3) is 3.45. The van der Waals surface area contributed by atoms with Crippen molar-refractivity contribution in [3.8, 4) is 0 Å². The molecule has 24 heavy (non-hydrogen) atoms. The second-order valence-electron chi connectivity index (χ2n) is 5.37. The van der Waals surface area contributed by atoms with Gasteiger partial charge in [-0.05, 0) is 18.2 Å². The van der Waals surface area contributed by atoms with Crippen LogP contribution in [-0.4, -0.2) is 39.4 Å². The van der Waals surface area contributed by atoms with Crippen LogP contribution in [0.3, 0.4) is 0 Å². The van der Waals surface area contributed by atoms with E-state index in [1.807, 2.05) is 0 Å². The maximum Gasteiger partial charge on any atom is 0.338 e. The van der Waals surface area contributed by atoms with Crippen molar-refractivity contribution < 1.29 is 19.4 Å². The van der Waals surface area contributed by atoms with Gasteiger partial charge in [0, 0.05) is 12.6 Å². The monoisotopic (exact) mass is 348 g/mol. The highest BCUT2D eigenvalue weighted by molar-refractivity contribution is 7.71. The number of nitrogens with zero attached hydrogens (tertiary/aromatic N) is 1. The number of aromatic nitrogens is 2. The Labute approximate surface area is 142 Å². The van der Waals surface area contributed by atoms with Crippen molar-refractivity contribution in [2.75, 3.05) is 6.61 Å². The van der Waals surface area contributed by atoms with Crippen LogP contribution in [0.15, 0.2) is 47.4 Å². The fourth-order valence-electron chi connectivity index (χ4n) is 2.59. The third-order valence-corrected chi connectivity index (χ3v) is 4.03. The van der Waals surface area contributed by atoms with Crippen molar-refractivity contribution >= 4 is 18.2 Å². The molecule has 1 aromatic carbocycles. The summed E-state index contributed by atoms with van der Waals surface area (Å²) in [7, 11) is 0. The summed E-state index contributed by atoms with van der Waals surface area (Å²) in [5, 5.41) is 9.47. The maximum absolute atomic E-state index is 12.2. The molecule has 2 heterocycles. The van der Waals surface area contributed by atoms with Crippen molar-refractivity contribution in [2.45, 2.75) is 24.9 Å². The Morgan fingerprint density at radius 3 is 2.79 bits per heavy atom. The van der Waals surface area contributed by atoms with E-state index in [4.69, 9.17) is 21.7 Å². The van der Waals surface area contributed by atoms with Crippen LogP contribution in [0.2, 0.25) is 0 Å². The number of nitrogens with one attached hydrogen (secondary N) is 1. The van der Waals surface area contributed by atoms with E-state index in [9.17, 15) is 14.7 Å². The normalized spacial score (nSPS) is 23.1. The standard InChI is InChI=1S/C16H16N2O5S/c19-9-12-11(23-15(20)10-4-2-1-3-5-10)8-14(22-12)18-7-6-13(24)17-16(18)21/h1-7,11-12,14,19H,8-9H2,(H,17,21,24)/t11?,12-,14-/m0/s1. The van der Waals surface area contributed by atoms with Crippen molar-refractivity contribution in [1.29, 1.82) is 0 Å². The highest BCUT2D eigenvalue weighted by Gasteiger charge is 2.39. The quantitative estimate of drug-likeness (QED) is 0.641. The number of carbonyl (C=O) groups excluding carboxylic acids is 1. The van der Waals surface area contributed by atoms with Gasteiger partial charge in [0.2, 0.25) is 0 Å². The predicted molar refractivity (Wildman–Crippen MR) is 87.1 cm³/mol. The summed E-state index contributed by atoms with van der Waals surface area (Å²) in [5.41, 5.74) is -0.00201. The number of esters is 1. The Morgan fingerprint density at radius 1 is 1.38 bits per heavy atom. The Hall–Kier alpha value is -2.29. The fourth-order valence-corrected chi connectivity index (χ4v) is 2.74. The lowest BCUT2D eigenvalue weighted by atomic mass is 10.1. The van der Waals surface area contributed by atoms with Crippen molar-refractivity contribution in [3.05, 3.63) is 63.3 Å². The maximum atomic E-state index is 12.2. The zero-order valence-electron chi connectivity index (χ0n) is 12.6. The number of hydrogen-bond acceptors (Lipinski definition) is 6. The third-order valence-electron chi connectivity index (χ3n) is 3.79. The molecule has 1 fully saturated rings. The first-order valence-electron chi connectivity index (χ1n) is 7.42. The average molecular weight is 348 g/mol. The zero-order valence-corrected chi connectivity index (χ0v) is 13.4. The number of benzene rings is 1. The number of aliphatic hydroxyl groups excluding tert-OH is 1. The number of rotatable bonds is 4. The lowest BCUT2D eigenvalue weighted by molar-refractivity contribution is -0.0521. The number of carbonyl (C=O) groups is 1. The highest BCUT2D eigenvalue weighted by atomic mass is 32.1. The minimum atomic E-state index is -0.697. The molecule has 3 atom stereocenters. The van der Waals surface area contributed by atoms with Gasteiger partial charge >= 0.3 is 11.7 Å². The Balaban J connectivity index is 1.76. The molecule has 126 valence electrons. The smallest absolute Gasteiger partial charge is 0.338 e. The van der Waals surface area contributed by atoms with Crippen LogP contribution < -0.4 is 5.69 Å². The molecular weight excluding hydrogens is 332 g/mol. The molecule has 8 heteroatoms. The minimum Gasteiger partial charge on any atom is -0.456 e. The lowest BCUT2D eigenvalue weighted by Gasteiger charge is -2.16. The predicted octanol–water partition coefficient (Wildman–Crippen LogP) is 1.41. The van der Waals surface area contributed by atoms with Crippen LogP contribution in [0.1, 0.15) is 23.0 Å². The van der Waals surface area contributed by atoms with E-state index in [1.165, 1.54) is 10.8 Å². The van der Waals surface area contributed by atoms with Crippen LogP contribution in [0.5, 0.6) is 0 Å². The highest BCUT2D eigenvalue weighted by Crippen LogP contribution is 2.30. The second-order valence-corrected chi connectivity index (χ2v) is 5.81. The second kappa shape index (κ2) is 7.08. The van der Waals surface area contributed by atoms with Crippen LogP contribution in [0.4, 0.5) is 0 Å². The molecule has 0 amide bonds. The van der Waals surface area contributed by atoms with Gasteiger partial charge in [0.1, 0.15) is 23.1 Å². The van der Waals surface area contributed by atoms with Gasteiger partial charge in [0.25, 0.3) is 0 Å². The van der Waals surface area contributed by atoms with Crippen molar-refractivity contribution in [3.63, 3.8) is 0 Å². The number of aromatic amines is 1. The van der Waals surface area contributed by atoms with E-state index in [2.05, 4.69) is 4.98 Å². The molecule has 2 N–H and O–H groups in total. The van der Waals surface area contributed by atoms with E-state index >= 15 is 0 Å². The average Bonchev–Trinajstić information content (AvgIpc) is 2.98. The van der Waals surface area contributed by atoms with E-state index in [0.29, 0.717) is 10.2 Å². The lowest BCUT2D eigenvalue weighted by Crippen LogP contribution is -2.30. The summed E-state index contributed by atoms with van der Waals surface area (Å²) in [6.07, 6.45) is -0.216. The van der Waals surface area contributed by atoms with Crippen molar-refractivity contribution in [2.24, 2.45) is 0 Å². The van der Waals surface area contributed by atoms with E-state index in [-0.39, 0.29) is 13.0 Å². The Morgan fingerprint density at radius 2 is 2.12 bits per heavy atom. The molecule has 0 spiro atoms. The van der Waals surface area contributed by atoms with Gasteiger partial charge < -0.3 is 14.6 Å². The van der Waals surface area contributed by atoms with Gasteiger partial charge in [-0.1, -0.05) is 30.4 Å².